The number of Topliss-reactive ketones (excluding diaryl/α,β-unsaturated/α-hetero) is 1. The minimum absolute atomic E-state index is 0.0423. The first-order chi connectivity index (χ1) is 14.5. The number of hydrogen-bond donors (Lipinski definition) is 3. The Balaban J connectivity index is 1.55. The van der Waals surface area contributed by atoms with E-state index in [-0.39, 0.29) is 17.7 Å². The molecule has 1 aliphatic carbocycles. The summed E-state index contributed by atoms with van der Waals surface area (Å²) in [5, 5.41) is 6.25. The second-order valence-electron chi connectivity index (χ2n) is 7.72. The Kier molecular flexibility index (Phi) is 4.34. The SMILES string of the molecule is C[C@H]1CC(=O)C2=C(C1)NC(Nc1nc3ccccc3o1)=[NH+][C@@H]2c1cc(F)cc(F)c1. The van der Waals surface area contributed by atoms with Gasteiger partial charge in [-0.15, -0.1) is 0 Å². The fourth-order valence-corrected chi connectivity index (χ4v) is 4.07. The van der Waals surface area contributed by atoms with Gasteiger partial charge in [0.05, 0.1) is 11.3 Å². The predicted molar refractivity (Wildman–Crippen MR) is 106 cm³/mol. The number of nitrogens with zero attached hydrogens (tertiary/aromatic N) is 1. The number of rotatable bonds is 2. The van der Waals surface area contributed by atoms with Crippen molar-refractivity contribution < 1.29 is 23.0 Å². The Hall–Kier alpha value is -3.55. The lowest BCUT2D eigenvalue weighted by molar-refractivity contribution is -0.502. The molecule has 0 saturated carbocycles. The number of benzene rings is 2. The summed E-state index contributed by atoms with van der Waals surface area (Å²) in [6, 6.07) is 10.2. The number of halogens is 2. The Labute approximate surface area is 170 Å². The zero-order chi connectivity index (χ0) is 20.8. The van der Waals surface area contributed by atoms with Crippen LogP contribution in [0.25, 0.3) is 11.1 Å². The van der Waals surface area contributed by atoms with Crippen LogP contribution in [0.3, 0.4) is 0 Å². The van der Waals surface area contributed by atoms with Gasteiger partial charge in [-0.3, -0.25) is 9.79 Å². The zero-order valence-corrected chi connectivity index (χ0v) is 16.1. The molecule has 30 heavy (non-hydrogen) atoms. The van der Waals surface area contributed by atoms with Crippen LogP contribution in [0, 0.1) is 17.6 Å². The lowest BCUT2D eigenvalue weighted by atomic mass is 9.81. The fourth-order valence-electron chi connectivity index (χ4n) is 4.07. The molecule has 0 saturated heterocycles. The first-order valence-electron chi connectivity index (χ1n) is 9.71. The molecule has 3 aromatic rings. The third kappa shape index (κ3) is 3.34. The summed E-state index contributed by atoms with van der Waals surface area (Å²) in [6.07, 6.45) is 1.04. The van der Waals surface area contributed by atoms with Gasteiger partial charge in [-0.1, -0.05) is 19.1 Å². The number of oxazole rings is 1. The average molecular weight is 409 g/mol. The van der Waals surface area contributed by atoms with Crippen molar-refractivity contribution in [3.05, 3.63) is 70.9 Å². The van der Waals surface area contributed by atoms with Gasteiger partial charge in [-0.05, 0) is 35.7 Å². The molecule has 0 unspecified atom stereocenters. The van der Waals surface area contributed by atoms with Gasteiger partial charge in [0.25, 0.3) is 0 Å². The Bertz CT molecular complexity index is 1180. The maximum Gasteiger partial charge on any atom is 0.365 e. The number of guanidine groups is 1. The lowest BCUT2D eigenvalue weighted by Crippen LogP contribution is -2.82. The van der Waals surface area contributed by atoms with Crippen LogP contribution in [0.15, 0.2) is 58.2 Å². The maximum atomic E-state index is 13.9. The smallest absolute Gasteiger partial charge is 0.365 e. The van der Waals surface area contributed by atoms with Crippen LogP contribution < -0.4 is 15.6 Å². The number of hydrogen-bond acceptors (Lipinski definition) is 5. The first-order valence-corrected chi connectivity index (χ1v) is 9.71. The van der Waals surface area contributed by atoms with E-state index >= 15 is 0 Å². The zero-order valence-electron chi connectivity index (χ0n) is 16.1. The molecule has 0 bridgehead atoms. The van der Waals surface area contributed by atoms with Gasteiger partial charge < -0.3 is 4.42 Å². The van der Waals surface area contributed by atoms with Crippen LogP contribution >= 0.6 is 0 Å². The molecule has 152 valence electrons. The number of para-hydroxylation sites is 2. The number of nitrogens with one attached hydrogen (secondary N) is 3. The third-order valence-corrected chi connectivity index (χ3v) is 5.31. The van der Waals surface area contributed by atoms with Crippen molar-refractivity contribution in [1.82, 2.24) is 10.3 Å². The van der Waals surface area contributed by atoms with E-state index < -0.39 is 17.7 Å². The topological polar surface area (TPSA) is 81.1 Å². The number of anilines is 1. The van der Waals surface area contributed by atoms with Gasteiger partial charge in [-0.2, -0.15) is 10.3 Å². The van der Waals surface area contributed by atoms with Crippen LogP contribution in [0.1, 0.15) is 31.4 Å². The quantitative estimate of drug-likeness (QED) is 0.606. The molecule has 8 heteroatoms. The number of carbonyl (C=O) groups excluding carboxylic acids is 1. The van der Waals surface area contributed by atoms with Gasteiger partial charge in [-0.25, -0.2) is 14.1 Å². The predicted octanol–water partition coefficient (Wildman–Crippen LogP) is 2.55. The summed E-state index contributed by atoms with van der Waals surface area (Å²) in [5.74, 6) is -0.844. The summed E-state index contributed by atoms with van der Waals surface area (Å²) in [6.45, 7) is 2.00. The summed E-state index contributed by atoms with van der Waals surface area (Å²) >= 11 is 0. The number of ketones is 1. The van der Waals surface area contributed by atoms with Crippen molar-refractivity contribution in [3.63, 3.8) is 0 Å². The minimum atomic E-state index is -0.697. The van der Waals surface area contributed by atoms with Crippen LogP contribution in [-0.4, -0.2) is 16.7 Å². The molecular weight excluding hydrogens is 390 g/mol. The summed E-state index contributed by atoms with van der Waals surface area (Å²) in [7, 11) is 0. The molecule has 6 nitrogen and oxygen atoms in total. The van der Waals surface area contributed by atoms with E-state index in [1.807, 2.05) is 25.1 Å². The van der Waals surface area contributed by atoms with Crippen molar-refractivity contribution in [1.29, 1.82) is 0 Å². The van der Waals surface area contributed by atoms with E-state index in [4.69, 9.17) is 4.42 Å². The van der Waals surface area contributed by atoms with Gasteiger partial charge in [0.2, 0.25) is 0 Å². The molecule has 3 N–H and O–H groups in total. The van der Waals surface area contributed by atoms with E-state index in [1.165, 1.54) is 12.1 Å². The standard InChI is InChI=1S/C22H18F2N4O2/c1-11-6-16-19(17(29)7-11)20(12-8-13(23)10-14(24)9-12)27-21(25-16)28-22-26-15-4-2-3-5-18(15)30-22/h2-5,8-11,20H,6-7H2,1H3,(H2,25,26,27,28)/p+1/t11-,20-/m1/s1. The van der Waals surface area contributed by atoms with E-state index in [2.05, 4.69) is 20.6 Å². The molecule has 2 heterocycles. The maximum absolute atomic E-state index is 13.9. The highest BCUT2D eigenvalue weighted by Crippen LogP contribution is 2.33. The average Bonchev–Trinajstić information content (AvgIpc) is 3.08. The minimum Gasteiger partial charge on any atom is -0.412 e. The van der Waals surface area contributed by atoms with Crippen LogP contribution in [0.4, 0.5) is 14.8 Å². The van der Waals surface area contributed by atoms with E-state index in [0.29, 0.717) is 41.0 Å². The number of carbonyl (C=O) groups is 1. The van der Waals surface area contributed by atoms with Crippen molar-refractivity contribution >= 4 is 28.9 Å². The Morgan fingerprint density at radius 3 is 2.70 bits per heavy atom. The summed E-state index contributed by atoms with van der Waals surface area (Å²) in [5.41, 5.74) is 2.89. The Morgan fingerprint density at radius 2 is 1.93 bits per heavy atom. The third-order valence-electron chi connectivity index (χ3n) is 5.31. The van der Waals surface area contributed by atoms with E-state index in [0.717, 1.165) is 11.8 Å². The highest BCUT2D eigenvalue weighted by molar-refractivity contribution is 6.01. The number of allylic oxidation sites excluding steroid dienone is 1. The Morgan fingerprint density at radius 1 is 1.17 bits per heavy atom. The fraction of sp³-hybridized carbons (Fsp3) is 0.227. The largest absolute Gasteiger partial charge is 0.412 e. The lowest BCUT2D eigenvalue weighted by Gasteiger charge is -2.29. The van der Waals surface area contributed by atoms with E-state index in [1.54, 1.807) is 6.07 Å². The van der Waals surface area contributed by atoms with Crippen molar-refractivity contribution in [3.8, 4) is 0 Å². The second kappa shape index (κ2) is 7.05. The van der Waals surface area contributed by atoms with Gasteiger partial charge in [0, 0.05) is 18.9 Å². The molecule has 0 amide bonds. The molecule has 0 radical (unpaired) electrons. The molecule has 0 spiro atoms. The monoisotopic (exact) mass is 409 g/mol. The summed E-state index contributed by atoms with van der Waals surface area (Å²) in [4.78, 5) is 20.3. The van der Waals surface area contributed by atoms with Crippen molar-refractivity contribution in [2.75, 3.05) is 5.32 Å². The molecule has 2 aromatic carbocycles. The van der Waals surface area contributed by atoms with Crippen LogP contribution in [0.2, 0.25) is 0 Å². The molecule has 2 atom stereocenters. The molecule has 0 fully saturated rings. The first kappa shape index (κ1) is 18.5. The normalized spacial score (nSPS) is 21.3. The molecule has 5 rings (SSSR count). The molecule has 1 aromatic heterocycles. The van der Waals surface area contributed by atoms with Crippen LogP contribution in [0.5, 0.6) is 0 Å². The van der Waals surface area contributed by atoms with Gasteiger partial charge >= 0.3 is 12.0 Å². The second-order valence-corrected chi connectivity index (χ2v) is 7.72. The van der Waals surface area contributed by atoms with Crippen LogP contribution in [-0.2, 0) is 4.79 Å². The molecule has 2 aliphatic rings. The summed E-state index contributed by atoms with van der Waals surface area (Å²) < 4.78 is 33.5. The van der Waals surface area contributed by atoms with Gasteiger partial charge in [0.15, 0.2) is 11.4 Å². The van der Waals surface area contributed by atoms with Gasteiger partial charge in [0.1, 0.15) is 23.2 Å². The van der Waals surface area contributed by atoms with E-state index in [9.17, 15) is 13.6 Å². The number of fused-ring (bicyclic) bond motifs is 1. The van der Waals surface area contributed by atoms with Crippen molar-refractivity contribution in [2.24, 2.45) is 5.92 Å². The van der Waals surface area contributed by atoms with Crippen molar-refractivity contribution in [2.45, 2.75) is 25.8 Å². The number of aromatic nitrogens is 1. The highest BCUT2D eigenvalue weighted by Gasteiger charge is 2.38. The highest BCUT2D eigenvalue weighted by atomic mass is 19.1. The molecule has 1 aliphatic heterocycles. The molecular formula is C22H19F2N4O2+.